The summed E-state index contributed by atoms with van der Waals surface area (Å²) >= 11 is 6.39. The van der Waals surface area contributed by atoms with Gasteiger partial charge in [0.15, 0.2) is 0 Å². The monoisotopic (exact) mass is 414 g/mol. The normalized spacial score (nSPS) is 32.3. The van der Waals surface area contributed by atoms with E-state index in [1.54, 1.807) is 18.2 Å². The van der Waals surface area contributed by atoms with E-state index in [0.717, 1.165) is 19.3 Å². The number of carbonyl (C=O) groups is 1. The Morgan fingerprint density at radius 1 is 1.21 bits per heavy atom. The van der Waals surface area contributed by atoms with Gasteiger partial charge in [-0.3, -0.25) is 4.79 Å². The van der Waals surface area contributed by atoms with Crippen LogP contribution in [0.25, 0.3) is 0 Å². The van der Waals surface area contributed by atoms with Gasteiger partial charge in [0, 0.05) is 11.9 Å². The standard InChI is InChI=1S/C21H22ClN3O4/c22-18-15(24-14-3-1-2-4-16(14)26)10-23-25(19(18)27)21-8-11-5-12(9-21)7-13(6-11)17(21)20(28)29/h1-4,10-13,17,24,26H,5-9H2,(H,28,29)/p-1/t11-,12+,13?,17-,21?/m1/s1. The van der Waals surface area contributed by atoms with Gasteiger partial charge >= 0.3 is 0 Å². The number of halogens is 1. The zero-order valence-corrected chi connectivity index (χ0v) is 16.4. The SMILES string of the molecule is O=C([O-])[C@H]1C2C[C@@H]3C[C@H](C2)CC1(n1ncc(Nc2ccccc2O)c(Cl)c1=O)C3. The quantitative estimate of drug-likeness (QED) is 0.743. The molecule has 1 aromatic heterocycles. The van der Waals surface area contributed by atoms with Crippen molar-refractivity contribution in [1.82, 2.24) is 9.78 Å². The Kier molecular flexibility index (Phi) is 4.13. The van der Waals surface area contributed by atoms with Crippen LogP contribution in [0, 0.1) is 23.7 Å². The van der Waals surface area contributed by atoms with Crippen molar-refractivity contribution in [3.63, 3.8) is 0 Å². The van der Waals surface area contributed by atoms with Crippen molar-refractivity contribution in [2.24, 2.45) is 23.7 Å². The van der Waals surface area contributed by atoms with Crippen molar-refractivity contribution in [1.29, 1.82) is 0 Å². The number of carboxylic acid groups (broad SMARTS) is 1. The Bertz CT molecular complexity index is 1040. The van der Waals surface area contributed by atoms with E-state index in [2.05, 4.69) is 10.4 Å². The largest absolute Gasteiger partial charge is 0.550 e. The van der Waals surface area contributed by atoms with Crippen LogP contribution in [0.5, 0.6) is 5.75 Å². The topological polar surface area (TPSA) is 107 Å². The third-order valence-electron chi connectivity index (χ3n) is 7.04. The van der Waals surface area contributed by atoms with Crippen LogP contribution in [0.2, 0.25) is 5.02 Å². The van der Waals surface area contributed by atoms with E-state index in [1.807, 2.05) is 0 Å². The summed E-state index contributed by atoms with van der Waals surface area (Å²) in [5, 5.41) is 29.3. The highest BCUT2D eigenvalue weighted by atomic mass is 35.5. The van der Waals surface area contributed by atoms with E-state index in [0.29, 0.717) is 30.4 Å². The summed E-state index contributed by atoms with van der Waals surface area (Å²) < 4.78 is 1.32. The number of anilines is 2. The summed E-state index contributed by atoms with van der Waals surface area (Å²) in [7, 11) is 0. The molecule has 7 nitrogen and oxygen atoms in total. The third-order valence-corrected chi connectivity index (χ3v) is 7.41. The average molecular weight is 415 g/mol. The molecule has 8 heteroatoms. The maximum absolute atomic E-state index is 13.2. The van der Waals surface area contributed by atoms with Gasteiger partial charge in [-0.25, -0.2) is 4.68 Å². The molecule has 4 aliphatic carbocycles. The molecule has 0 aliphatic heterocycles. The molecular weight excluding hydrogens is 394 g/mol. The Labute approximate surface area is 172 Å². The number of aromatic nitrogens is 2. The van der Waals surface area contributed by atoms with E-state index >= 15 is 0 Å². The van der Waals surface area contributed by atoms with Crippen molar-refractivity contribution in [2.45, 2.75) is 37.6 Å². The Morgan fingerprint density at radius 2 is 1.90 bits per heavy atom. The van der Waals surface area contributed by atoms with E-state index in [-0.39, 0.29) is 22.4 Å². The molecule has 0 radical (unpaired) electrons. The van der Waals surface area contributed by atoms with Crippen molar-refractivity contribution < 1.29 is 15.0 Å². The van der Waals surface area contributed by atoms with Crippen LogP contribution in [0.4, 0.5) is 11.4 Å². The number of carbonyl (C=O) groups excluding carboxylic acids is 1. The predicted molar refractivity (Wildman–Crippen MR) is 105 cm³/mol. The van der Waals surface area contributed by atoms with Gasteiger partial charge in [0.1, 0.15) is 10.8 Å². The number of benzene rings is 1. The number of aromatic hydroxyl groups is 1. The minimum atomic E-state index is -1.10. The van der Waals surface area contributed by atoms with E-state index in [4.69, 9.17) is 11.6 Å². The van der Waals surface area contributed by atoms with E-state index in [1.165, 1.54) is 16.9 Å². The minimum Gasteiger partial charge on any atom is -0.550 e. The lowest BCUT2D eigenvalue weighted by Crippen LogP contribution is -2.65. The molecule has 0 spiro atoms. The first-order chi connectivity index (χ1) is 13.9. The molecule has 4 bridgehead atoms. The number of carboxylic acids is 1. The van der Waals surface area contributed by atoms with Crippen LogP contribution >= 0.6 is 11.6 Å². The highest BCUT2D eigenvalue weighted by Gasteiger charge is 2.59. The first-order valence-corrected chi connectivity index (χ1v) is 10.3. The van der Waals surface area contributed by atoms with Gasteiger partial charge in [-0.15, -0.1) is 0 Å². The average Bonchev–Trinajstić information content (AvgIpc) is 2.66. The molecular formula is C21H21ClN3O4-. The molecule has 152 valence electrons. The van der Waals surface area contributed by atoms with Crippen LogP contribution in [-0.2, 0) is 10.3 Å². The summed E-state index contributed by atoms with van der Waals surface area (Å²) in [6.07, 6.45) is 5.52. The summed E-state index contributed by atoms with van der Waals surface area (Å²) in [4.78, 5) is 25.3. The summed E-state index contributed by atoms with van der Waals surface area (Å²) in [6.45, 7) is 0. The second-order valence-electron chi connectivity index (χ2n) is 8.74. The van der Waals surface area contributed by atoms with Crippen LogP contribution in [0.3, 0.4) is 0 Å². The molecule has 4 saturated carbocycles. The maximum atomic E-state index is 13.2. The van der Waals surface area contributed by atoms with Crippen LogP contribution in [0.15, 0.2) is 35.3 Å². The fourth-order valence-electron chi connectivity index (χ4n) is 6.28. The molecule has 6 rings (SSSR count). The molecule has 4 fully saturated rings. The van der Waals surface area contributed by atoms with E-state index in [9.17, 15) is 19.8 Å². The molecule has 29 heavy (non-hydrogen) atoms. The number of phenolic OH excluding ortho intramolecular Hbond substituents is 1. The third kappa shape index (κ3) is 2.74. The minimum absolute atomic E-state index is 0.0193. The Hall–Kier alpha value is -2.54. The highest BCUT2D eigenvalue weighted by molar-refractivity contribution is 6.33. The molecule has 1 aromatic carbocycles. The number of nitrogens with zero attached hydrogens (tertiary/aromatic N) is 2. The number of rotatable bonds is 4. The van der Waals surface area contributed by atoms with E-state index < -0.39 is 23.0 Å². The van der Waals surface area contributed by atoms with Gasteiger partial charge in [-0.05, 0) is 62.0 Å². The molecule has 2 N–H and O–H groups in total. The molecule has 2 unspecified atom stereocenters. The first-order valence-electron chi connectivity index (χ1n) is 9.93. The second-order valence-corrected chi connectivity index (χ2v) is 9.12. The fourth-order valence-corrected chi connectivity index (χ4v) is 6.45. The molecule has 0 amide bonds. The Balaban J connectivity index is 1.58. The van der Waals surface area contributed by atoms with Crippen molar-refractivity contribution in [2.75, 3.05) is 5.32 Å². The number of hydrogen-bond acceptors (Lipinski definition) is 6. The van der Waals surface area contributed by atoms with Crippen molar-refractivity contribution >= 4 is 28.9 Å². The molecule has 5 atom stereocenters. The number of phenols is 1. The lowest BCUT2D eigenvalue weighted by Gasteiger charge is -2.61. The summed E-state index contributed by atoms with van der Waals surface area (Å²) in [6, 6.07) is 6.60. The fraction of sp³-hybridized carbons (Fsp3) is 0.476. The van der Waals surface area contributed by atoms with Gasteiger partial charge in [0.05, 0.1) is 23.1 Å². The van der Waals surface area contributed by atoms with Gasteiger partial charge in [-0.1, -0.05) is 23.7 Å². The van der Waals surface area contributed by atoms with Crippen molar-refractivity contribution in [3.05, 3.63) is 45.8 Å². The first kappa shape index (κ1) is 18.5. The highest BCUT2D eigenvalue weighted by Crippen LogP contribution is 2.61. The van der Waals surface area contributed by atoms with Gasteiger partial charge in [0.2, 0.25) is 0 Å². The summed E-state index contributed by atoms with van der Waals surface area (Å²) in [5.41, 5.74) is -0.720. The van der Waals surface area contributed by atoms with Gasteiger partial charge in [0.25, 0.3) is 5.56 Å². The second kappa shape index (κ2) is 6.49. The van der Waals surface area contributed by atoms with Crippen LogP contribution in [-0.4, -0.2) is 20.9 Å². The molecule has 2 aromatic rings. The maximum Gasteiger partial charge on any atom is 0.288 e. The number of para-hydroxylation sites is 2. The van der Waals surface area contributed by atoms with Crippen LogP contribution in [0.1, 0.15) is 32.1 Å². The number of hydrogen-bond donors (Lipinski definition) is 2. The molecule has 4 aliphatic rings. The summed E-state index contributed by atoms with van der Waals surface area (Å²) in [5.74, 6) is -0.962. The molecule has 1 heterocycles. The van der Waals surface area contributed by atoms with Gasteiger partial charge < -0.3 is 20.3 Å². The number of aliphatic carboxylic acids is 1. The van der Waals surface area contributed by atoms with Gasteiger partial charge in [-0.2, -0.15) is 5.10 Å². The van der Waals surface area contributed by atoms with Crippen molar-refractivity contribution in [3.8, 4) is 5.75 Å². The zero-order valence-electron chi connectivity index (χ0n) is 15.7. The molecule has 0 saturated heterocycles. The lowest BCUT2D eigenvalue weighted by atomic mass is 9.48. The number of nitrogens with one attached hydrogen (secondary N) is 1. The zero-order chi connectivity index (χ0) is 20.3. The predicted octanol–water partition coefficient (Wildman–Crippen LogP) is 2.25. The lowest BCUT2D eigenvalue weighted by molar-refractivity contribution is -0.323. The van der Waals surface area contributed by atoms with Crippen LogP contribution < -0.4 is 16.0 Å². The Morgan fingerprint density at radius 3 is 2.55 bits per heavy atom. The smallest absolute Gasteiger partial charge is 0.288 e.